The van der Waals surface area contributed by atoms with Crippen molar-refractivity contribution in [3.63, 3.8) is 0 Å². The summed E-state index contributed by atoms with van der Waals surface area (Å²) < 4.78 is 26.7. The molecule has 88 valence electrons. The molecule has 1 aromatic rings. The summed E-state index contributed by atoms with van der Waals surface area (Å²) in [6.45, 7) is 3.01. The van der Waals surface area contributed by atoms with Gasteiger partial charge in [-0.25, -0.2) is 8.78 Å². The van der Waals surface area contributed by atoms with E-state index in [2.05, 4.69) is 0 Å². The van der Waals surface area contributed by atoms with Gasteiger partial charge in [-0.3, -0.25) is 4.79 Å². The van der Waals surface area contributed by atoms with Gasteiger partial charge in [0.25, 0.3) is 0 Å². The molecule has 0 aliphatic carbocycles. The second-order valence-electron chi connectivity index (χ2n) is 4.17. The monoisotopic (exact) mass is 248 g/mol. The molecule has 0 saturated heterocycles. The second kappa shape index (κ2) is 4.37. The first-order valence-corrected chi connectivity index (χ1v) is 4.99. The van der Waals surface area contributed by atoms with Crippen LogP contribution in [-0.2, 0) is 10.2 Å². The smallest absolute Gasteiger partial charge is 0.304 e. The fourth-order valence-electron chi connectivity index (χ4n) is 1.61. The topological polar surface area (TPSA) is 37.3 Å². The minimum atomic E-state index is -1.09. The van der Waals surface area contributed by atoms with E-state index in [0.717, 1.165) is 12.1 Å². The van der Waals surface area contributed by atoms with Crippen LogP contribution in [0.1, 0.15) is 25.8 Å². The van der Waals surface area contributed by atoms with Crippen LogP contribution in [0.3, 0.4) is 0 Å². The first-order valence-electron chi connectivity index (χ1n) is 4.61. The number of carboxylic acid groups (broad SMARTS) is 1. The van der Waals surface area contributed by atoms with E-state index in [9.17, 15) is 13.6 Å². The largest absolute Gasteiger partial charge is 0.481 e. The summed E-state index contributed by atoms with van der Waals surface area (Å²) in [6.07, 6.45) is -0.326. The Balaban J connectivity index is 3.31. The number of hydrogen-bond donors (Lipinski definition) is 1. The second-order valence-corrected chi connectivity index (χ2v) is 4.55. The van der Waals surface area contributed by atoms with Crippen molar-refractivity contribution >= 4 is 17.6 Å². The van der Waals surface area contributed by atoms with Crippen LogP contribution in [0.25, 0.3) is 0 Å². The third-order valence-corrected chi connectivity index (χ3v) is 2.68. The Bertz CT molecular complexity index is 430. The summed E-state index contributed by atoms with van der Waals surface area (Å²) in [5.74, 6) is -2.54. The summed E-state index contributed by atoms with van der Waals surface area (Å²) in [7, 11) is 0. The maximum Gasteiger partial charge on any atom is 0.304 e. The third-order valence-electron chi connectivity index (χ3n) is 2.31. The number of halogens is 3. The van der Waals surface area contributed by atoms with Gasteiger partial charge >= 0.3 is 5.97 Å². The highest BCUT2D eigenvalue weighted by atomic mass is 35.5. The Morgan fingerprint density at radius 3 is 2.38 bits per heavy atom. The lowest BCUT2D eigenvalue weighted by Crippen LogP contribution is -2.24. The first-order chi connectivity index (χ1) is 7.25. The van der Waals surface area contributed by atoms with Gasteiger partial charge in [0, 0.05) is 11.0 Å². The predicted octanol–water partition coefficient (Wildman–Crippen LogP) is 3.37. The number of benzene rings is 1. The molecule has 1 aromatic carbocycles. The zero-order valence-electron chi connectivity index (χ0n) is 8.85. The highest BCUT2D eigenvalue weighted by Gasteiger charge is 2.30. The van der Waals surface area contributed by atoms with Crippen LogP contribution in [0, 0.1) is 11.6 Å². The van der Waals surface area contributed by atoms with Crippen molar-refractivity contribution in [3.8, 4) is 0 Å². The maximum absolute atomic E-state index is 13.5. The molecule has 0 fully saturated rings. The molecule has 2 nitrogen and oxygen atoms in total. The lowest BCUT2D eigenvalue weighted by atomic mass is 9.81. The Morgan fingerprint density at radius 1 is 1.38 bits per heavy atom. The number of aliphatic carboxylic acids is 1. The van der Waals surface area contributed by atoms with Crippen LogP contribution in [0.2, 0.25) is 5.02 Å². The molecule has 0 aliphatic heterocycles. The fraction of sp³-hybridized carbons (Fsp3) is 0.364. The van der Waals surface area contributed by atoms with Crippen LogP contribution >= 0.6 is 11.6 Å². The Labute approximate surface area is 96.8 Å². The number of carbonyl (C=O) groups is 1. The minimum absolute atomic E-state index is 0.100. The molecule has 0 aromatic heterocycles. The van der Waals surface area contributed by atoms with Crippen LogP contribution < -0.4 is 0 Å². The molecule has 0 heterocycles. The molecule has 1 rings (SSSR count). The summed E-state index contributed by atoms with van der Waals surface area (Å²) >= 11 is 5.66. The van der Waals surface area contributed by atoms with Gasteiger partial charge in [-0.05, 0) is 12.1 Å². The van der Waals surface area contributed by atoms with E-state index in [1.54, 1.807) is 0 Å². The van der Waals surface area contributed by atoms with Gasteiger partial charge in [0.1, 0.15) is 11.6 Å². The Kier molecular flexibility index (Phi) is 3.53. The van der Waals surface area contributed by atoms with Crippen molar-refractivity contribution in [3.05, 3.63) is 34.4 Å². The number of hydrogen-bond acceptors (Lipinski definition) is 1. The number of rotatable bonds is 3. The molecule has 0 atom stereocenters. The van der Waals surface area contributed by atoms with E-state index in [1.165, 1.54) is 13.8 Å². The molecular formula is C11H11ClF2O2. The van der Waals surface area contributed by atoms with E-state index >= 15 is 0 Å². The summed E-state index contributed by atoms with van der Waals surface area (Å²) in [5, 5.41) is 8.35. The lowest BCUT2D eigenvalue weighted by Gasteiger charge is -2.24. The molecule has 16 heavy (non-hydrogen) atoms. The molecule has 0 amide bonds. The number of carboxylic acids is 1. The molecule has 0 saturated carbocycles. The predicted molar refractivity (Wildman–Crippen MR) is 56.6 cm³/mol. The standard InChI is InChI=1S/C11H11ClF2O2/c1-11(2,5-8(15)16)9-6(13)3-4-7(14)10(9)12/h3-4H,5H2,1-2H3,(H,15,16). The Morgan fingerprint density at radius 2 is 1.88 bits per heavy atom. The van der Waals surface area contributed by atoms with Gasteiger partial charge in [-0.1, -0.05) is 25.4 Å². The van der Waals surface area contributed by atoms with Crippen LogP contribution in [0.4, 0.5) is 8.78 Å². The first kappa shape index (κ1) is 12.9. The molecule has 1 N–H and O–H groups in total. The summed E-state index contributed by atoms with van der Waals surface area (Å²) in [5.41, 5.74) is -1.16. The molecule has 0 spiro atoms. The van der Waals surface area contributed by atoms with Gasteiger partial charge in [-0.2, -0.15) is 0 Å². The van der Waals surface area contributed by atoms with Crippen LogP contribution in [0.5, 0.6) is 0 Å². The molecule has 5 heteroatoms. The molecule has 0 radical (unpaired) electrons. The van der Waals surface area contributed by atoms with Crippen molar-refractivity contribution in [1.29, 1.82) is 0 Å². The highest BCUT2D eigenvalue weighted by molar-refractivity contribution is 6.31. The normalized spacial score (nSPS) is 11.6. The minimum Gasteiger partial charge on any atom is -0.481 e. The van der Waals surface area contributed by atoms with Crippen LogP contribution in [-0.4, -0.2) is 11.1 Å². The molecule has 0 unspecified atom stereocenters. The summed E-state index contributed by atoms with van der Waals surface area (Å²) in [4.78, 5) is 10.6. The van der Waals surface area contributed by atoms with E-state index in [-0.39, 0.29) is 17.0 Å². The van der Waals surface area contributed by atoms with Crippen molar-refractivity contribution < 1.29 is 18.7 Å². The van der Waals surface area contributed by atoms with Crippen molar-refractivity contribution in [2.24, 2.45) is 0 Å². The van der Waals surface area contributed by atoms with Gasteiger partial charge < -0.3 is 5.11 Å². The third kappa shape index (κ3) is 2.50. The average molecular weight is 249 g/mol. The van der Waals surface area contributed by atoms with Crippen molar-refractivity contribution in [2.45, 2.75) is 25.7 Å². The van der Waals surface area contributed by atoms with E-state index in [4.69, 9.17) is 16.7 Å². The van der Waals surface area contributed by atoms with Crippen molar-refractivity contribution in [2.75, 3.05) is 0 Å². The van der Waals surface area contributed by atoms with Crippen LogP contribution in [0.15, 0.2) is 12.1 Å². The fourth-order valence-corrected chi connectivity index (χ4v) is 2.02. The van der Waals surface area contributed by atoms with Gasteiger partial charge in [-0.15, -0.1) is 0 Å². The van der Waals surface area contributed by atoms with Gasteiger partial charge in [0.05, 0.1) is 11.4 Å². The van der Waals surface area contributed by atoms with Crippen molar-refractivity contribution in [1.82, 2.24) is 0 Å². The highest BCUT2D eigenvalue weighted by Crippen LogP contribution is 2.36. The Hall–Kier alpha value is -1.16. The quantitative estimate of drug-likeness (QED) is 0.833. The molecular weight excluding hydrogens is 238 g/mol. The van der Waals surface area contributed by atoms with E-state index < -0.39 is 23.0 Å². The lowest BCUT2D eigenvalue weighted by molar-refractivity contribution is -0.138. The summed E-state index contributed by atoms with van der Waals surface area (Å²) in [6, 6.07) is 1.86. The van der Waals surface area contributed by atoms with E-state index in [0.29, 0.717) is 0 Å². The average Bonchev–Trinajstić information content (AvgIpc) is 2.09. The van der Waals surface area contributed by atoms with E-state index in [1.807, 2.05) is 0 Å². The zero-order valence-corrected chi connectivity index (χ0v) is 9.61. The molecule has 0 aliphatic rings. The maximum atomic E-state index is 13.5. The SMILES string of the molecule is CC(C)(CC(=O)O)c1c(F)ccc(F)c1Cl. The molecule has 0 bridgehead atoms. The van der Waals surface area contributed by atoms with Gasteiger partial charge in [0.15, 0.2) is 0 Å². The van der Waals surface area contributed by atoms with Gasteiger partial charge in [0.2, 0.25) is 0 Å². The zero-order chi connectivity index (χ0) is 12.5.